The van der Waals surface area contributed by atoms with E-state index in [2.05, 4.69) is 5.32 Å². The van der Waals surface area contributed by atoms with E-state index in [1.165, 1.54) is 5.56 Å². The van der Waals surface area contributed by atoms with Crippen LogP contribution in [-0.4, -0.2) is 11.7 Å². The molecule has 0 aliphatic heterocycles. The van der Waals surface area contributed by atoms with E-state index in [9.17, 15) is 5.11 Å². The highest BCUT2D eigenvalue weighted by Crippen LogP contribution is 2.24. The Morgan fingerprint density at radius 1 is 1.11 bits per heavy atom. The van der Waals surface area contributed by atoms with Crippen molar-refractivity contribution in [3.05, 3.63) is 59.7 Å². The molecule has 18 heavy (non-hydrogen) atoms. The lowest BCUT2D eigenvalue weighted by molar-refractivity contribution is 0.276. The molecule has 0 heterocycles. The van der Waals surface area contributed by atoms with E-state index in [4.69, 9.17) is 5.73 Å². The Hall–Kier alpha value is -2.00. The van der Waals surface area contributed by atoms with Crippen molar-refractivity contribution < 1.29 is 5.11 Å². The largest absolute Gasteiger partial charge is 0.397 e. The molecule has 0 fully saturated rings. The van der Waals surface area contributed by atoms with Crippen LogP contribution in [0.4, 0.5) is 11.4 Å². The van der Waals surface area contributed by atoms with Crippen LogP contribution in [0.25, 0.3) is 0 Å². The van der Waals surface area contributed by atoms with Crippen molar-refractivity contribution in [2.45, 2.75) is 13.0 Å². The van der Waals surface area contributed by atoms with Crippen molar-refractivity contribution in [1.82, 2.24) is 0 Å². The normalized spacial score (nSPS) is 12.1. The molecule has 0 aliphatic carbocycles. The first-order valence-corrected chi connectivity index (χ1v) is 5.99. The van der Waals surface area contributed by atoms with Crippen molar-refractivity contribution in [3.63, 3.8) is 0 Å². The van der Waals surface area contributed by atoms with Crippen molar-refractivity contribution in [3.8, 4) is 0 Å². The molecular formula is C15H18N2O. The summed E-state index contributed by atoms with van der Waals surface area (Å²) in [6.07, 6.45) is 0. The van der Waals surface area contributed by atoms with Crippen molar-refractivity contribution in [2.24, 2.45) is 0 Å². The number of hydrogen-bond donors (Lipinski definition) is 3. The number of nitrogens with two attached hydrogens (primary N) is 1. The van der Waals surface area contributed by atoms with E-state index in [0.717, 1.165) is 11.3 Å². The third-order valence-electron chi connectivity index (χ3n) is 2.95. The van der Waals surface area contributed by atoms with Crippen molar-refractivity contribution in [1.29, 1.82) is 0 Å². The average Bonchev–Trinajstić information content (AvgIpc) is 2.39. The summed E-state index contributed by atoms with van der Waals surface area (Å²) in [5, 5.41) is 12.8. The first-order valence-electron chi connectivity index (χ1n) is 5.99. The fourth-order valence-corrected chi connectivity index (χ4v) is 1.85. The molecule has 3 heteroatoms. The minimum Gasteiger partial charge on any atom is -0.397 e. The molecule has 0 radical (unpaired) electrons. The van der Waals surface area contributed by atoms with Crippen LogP contribution in [0.2, 0.25) is 0 Å². The molecule has 1 atom stereocenters. The van der Waals surface area contributed by atoms with Gasteiger partial charge in [0.1, 0.15) is 0 Å². The molecule has 0 saturated heterocycles. The van der Waals surface area contributed by atoms with Crippen LogP contribution in [0.3, 0.4) is 0 Å². The summed E-state index contributed by atoms with van der Waals surface area (Å²) in [4.78, 5) is 0. The van der Waals surface area contributed by atoms with Gasteiger partial charge in [-0.3, -0.25) is 0 Å². The van der Waals surface area contributed by atoms with E-state index in [-0.39, 0.29) is 12.6 Å². The first-order chi connectivity index (χ1) is 8.70. The number of aliphatic hydroxyl groups is 1. The number of nitrogen functional groups attached to an aromatic ring is 1. The van der Waals surface area contributed by atoms with Gasteiger partial charge in [-0.15, -0.1) is 0 Å². The minimum atomic E-state index is -0.143. The van der Waals surface area contributed by atoms with Crippen LogP contribution in [0, 0.1) is 6.92 Å². The molecule has 0 saturated carbocycles. The summed E-state index contributed by atoms with van der Waals surface area (Å²) >= 11 is 0. The predicted molar refractivity (Wildman–Crippen MR) is 75.5 cm³/mol. The first kappa shape index (κ1) is 12.5. The zero-order valence-corrected chi connectivity index (χ0v) is 10.4. The number of hydrogen-bond acceptors (Lipinski definition) is 3. The Labute approximate surface area is 107 Å². The van der Waals surface area contributed by atoms with Gasteiger partial charge in [0, 0.05) is 0 Å². The second-order valence-electron chi connectivity index (χ2n) is 4.38. The van der Waals surface area contributed by atoms with Gasteiger partial charge >= 0.3 is 0 Å². The second-order valence-corrected chi connectivity index (χ2v) is 4.38. The van der Waals surface area contributed by atoms with E-state index >= 15 is 0 Å². The lowest BCUT2D eigenvalue weighted by Gasteiger charge is -2.19. The molecule has 2 rings (SSSR count). The predicted octanol–water partition coefficient (Wildman–Crippen LogP) is 2.72. The van der Waals surface area contributed by atoms with E-state index in [1.54, 1.807) is 0 Å². The van der Waals surface area contributed by atoms with Gasteiger partial charge in [0.2, 0.25) is 0 Å². The molecule has 0 spiro atoms. The molecular weight excluding hydrogens is 224 g/mol. The van der Waals surface area contributed by atoms with Gasteiger partial charge < -0.3 is 16.2 Å². The molecule has 0 bridgehead atoms. The molecule has 4 N–H and O–H groups in total. The average molecular weight is 242 g/mol. The van der Waals surface area contributed by atoms with Gasteiger partial charge in [-0.2, -0.15) is 0 Å². The number of anilines is 2. The number of para-hydroxylation sites is 2. The summed E-state index contributed by atoms with van der Waals surface area (Å²) in [6, 6.07) is 15.5. The molecule has 0 amide bonds. The fraction of sp³-hybridized carbons (Fsp3) is 0.200. The second kappa shape index (κ2) is 5.56. The molecule has 1 unspecified atom stereocenters. The maximum atomic E-state index is 9.50. The number of benzene rings is 2. The van der Waals surface area contributed by atoms with E-state index < -0.39 is 0 Å². The maximum Gasteiger partial charge on any atom is 0.0745 e. The fourth-order valence-electron chi connectivity index (χ4n) is 1.85. The summed E-state index contributed by atoms with van der Waals surface area (Å²) in [5.74, 6) is 0. The molecule has 2 aromatic rings. The molecule has 0 aromatic heterocycles. The summed E-state index contributed by atoms with van der Waals surface area (Å²) in [7, 11) is 0. The quantitative estimate of drug-likeness (QED) is 0.722. The number of aryl methyl sites for hydroxylation is 1. The Bertz CT molecular complexity index is 508. The van der Waals surface area contributed by atoms with Gasteiger partial charge in [-0.25, -0.2) is 0 Å². The van der Waals surface area contributed by atoms with Gasteiger partial charge in [0.25, 0.3) is 0 Å². The zero-order chi connectivity index (χ0) is 13.0. The molecule has 3 nitrogen and oxygen atoms in total. The van der Waals surface area contributed by atoms with Crippen LogP contribution in [-0.2, 0) is 0 Å². The van der Waals surface area contributed by atoms with Crippen LogP contribution in [0.1, 0.15) is 17.2 Å². The third-order valence-corrected chi connectivity index (χ3v) is 2.95. The van der Waals surface area contributed by atoms with Crippen LogP contribution in [0.15, 0.2) is 48.5 Å². The lowest BCUT2D eigenvalue weighted by Crippen LogP contribution is -2.15. The SMILES string of the molecule is Cc1ccc(C(CO)Nc2ccccc2N)cc1. The Kier molecular flexibility index (Phi) is 3.85. The van der Waals surface area contributed by atoms with E-state index in [1.807, 2.05) is 55.5 Å². The van der Waals surface area contributed by atoms with Gasteiger partial charge in [0.15, 0.2) is 0 Å². The zero-order valence-electron chi connectivity index (χ0n) is 10.4. The Morgan fingerprint density at radius 3 is 2.39 bits per heavy atom. The highest BCUT2D eigenvalue weighted by atomic mass is 16.3. The monoisotopic (exact) mass is 242 g/mol. The summed E-state index contributed by atoms with van der Waals surface area (Å²) in [5.41, 5.74) is 9.66. The maximum absolute atomic E-state index is 9.50. The molecule has 2 aromatic carbocycles. The van der Waals surface area contributed by atoms with Crippen molar-refractivity contribution in [2.75, 3.05) is 17.7 Å². The summed E-state index contributed by atoms with van der Waals surface area (Å²) in [6.45, 7) is 2.07. The number of rotatable bonds is 4. The standard InChI is InChI=1S/C15H18N2O/c1-11-6-8-12(9-7-11)15(10-18)17-14-5-3-2-4-13(14)16/h2-9,15,17-18H,10,16H2,1H3. The van der Waals surface area contributed by atoms with Crippen LogP contribution >= 0.6 is 0 Å². The van der Waals surface area contributed by atoms with Gasteiger partial charge in [0.05, 0.1) is 24.0 Å². The van der Waals surface area contributed by atoms with Gasteiger partial charge in [-0.1, -0.05) is 42.0 Å². The number of aliphatic hydroxyl groups excluding tert-OH is 1. The Morgan fingerprint density at radius 2 is 1.78 bits per heavy atom. The summed E-state index contributed by atoms with van der Waals surface area (Å²) < 4.78 is 0. The smallest absolute Gasteiger partial charge is 0.0745 e. The minimum absolute atomic E-state index is 0.0252. The number of nitrogens with one attached hydrogen (secondary N) is 1. The third kappa shape index (κ3) is 2.81. The van der Waals surface area contributed by atoms with Crippen LogP contribution < -0.4 is 11.1 Å². The highest BCUT2D eigenvalue weighted by Gasteiger charge is 2.10. The Balaban J connectivity index is 2.20. The van der Waals surface area contributed by atoms with Crippen LogP contribution in [0.5, 0.6) is 0 Å². The highest BCUT2D eigenvalue weighted by molar-refractivity contribution is 5.66. The van der Waals surface area contributed by atoms with Gasteiger partial charge in [-0.05, 0) is 24.6 Å². The molecule has 0 aliphatic rings. The molecule has 94 valence electrons. The van der Waals surface area contributed by atoms with E-state index in [0.29, 0.717) is 5.69 Å². The van der Waals surface area contributed by atoms with Crippen molar-refractivity contribution >= 4 is 11.4 Å². The topological polar surface area (TPSA) is 58.3 Å². The lowest BCUT2D eigenvalue weighted by atomic mass is 10.1.